The van der Waals surface area contributed by atoms with Crippen LogP contribution in [0.25, 0.3) is 0 Å². The van der Waals surface area contributed by atoms with Crippen LogP contribution in [0.4, 0.5) is 5.69 Å². The summed E-state index contributed by atoms with van der Waals surface area (Å²) in [5.41, 5.74) is 1.06. The molecule has 1 aliphatic heterocycles. The quantitative estimate of drug-likeness (QED) is 0.860. The van der Waals surface area contributed by atoms with Crippen molar-refractivity contribution in [1.29, 1.82) is 0 Å². The molecule has 0 radical (unpaired) electrons. The fourth-order valence-corrected chi connectivity index (χ4v) is 3.97. The van der Waals surface area contributed by atoms with E-state index >= 15 is 0 Å². The van der Waals surface area contributed by atoms with Crippen LogP contribution in [0, 0.1) is 6.92 Å². The van der Waals surface area contributed by atoms with Gasteiger partial charge in [-0.25, -0.2) is 8.42 Å². The summed E-state index contributed by atoms with van der Waals surface area (Å²) in [5.74, 6) is -0.256. The van der Waals surface area contributed by atoms with E-state index < -0.39 is 16.1 Å². The number of anilines is 1. The first-order valence-corrected chi connectivity index (χ1v) is 7.81. The number of sulfonamides is 1. The first kappa shape index (κ1) is 15.0. The Bertz CT molecular complexity index is 627. The van der Waals surface area contributed by atoms with Crippen LogP contribution < -0.4 is 5.32 Å². The maximum Gasteiger partial charge on any atom is 0.243 e. The molecular weight excluding hydrogens is 280 g/mol. The third-order valence-electron chi connectivity index (χ3n) is 3.25. The Morgan fingerprint density at radius 2 is 2.15 bits per heavy atom. The molecule has 0 spiro atoms. The van der Waals surface area contributed by atoms with Crippen LogP contribution in [-0.2, 0) is 14.8 Å². The molecule has 1 heterocycles. The van der Waals surface area contributed by atoms with E-state index in [0.717, 1.165) is 0 Å². The second kappa shape index (κ2) is 5.51. The van der Waals surface area contributed by atoms with Gasteiger partial charge in [-0.15, -0.1) is 0 Å². The molecule has 1 atom stereocenters. The normalized spacial score (nSPS) is 20.1. The number of aliphatic hydroxyl groups excluding tert-OH is 1. The second-order valence-corrected chi connectivity index (χ2v) is 6.87. The number of nitrogens with zero attached hydrogens (tertiary/aromatic N) is 1. The number of benzene rings is 1. The summed E-state index contributed by atoms with van der Waals surface area (Å²) in [6.45, 7) is 3.50. The largest absolute Gasteiger partial charge is 0.392 e. The van der Waals surface area contributed by atoms with Crippen molar-refractivity contribution in [2.24, 2.45) is 0 Å². The van der Waals surface area contributed by atoms with Gasteiger partial charge in [-0.05, 0) is 31.0 Å². The smallest absolute Gasteiger partial charge is 0.243 e. The zero-order chi connectivity index (χ0) is 14.9. The summed E-state index contributed by atoms with van der Waals surface area (Å²) in [5, 5.41) is 12.1. The zero-order valence-corrected chi connectivity index (χ0v) is 12.3. The van der Waals surface area contributed by atoms with Crippen LogP contribution in [0.1, 0.15) is 18.9 Å². The van der Waals surface area contributed by atoms with Gasteiger partial charge in [0.15, 0.2) is 0 Å². The Hall–Kier alpha value is -1.44. The molecule has 6 nitrogen and oxygen atoms in total. The van der Waals surface area contributed by atoms with E-state index in [4.69, 9.17) is 0 Å². The highest BCUT2D eigenvalue weighted by Crippen LogP contribution is 2.26. The summed E-state index contributed by atoms with van der Waals surface area (Å²) in [6.07, 6.45) is -0.160. The summed E-state index contributed by atoms with van der Waals surface area (Å²) in [4.78, 5) is 11.2. The van der Waals surface area contributed by atoms with Gasteiger partial charge in [-0.3, -0.25) is 4.79 Å². The lowest BCUT2D eigenvalue weighted by molar-refractivity contribution is -0.114. The lowest BCUT2D eigenvalue weighted by Crippen LogP contribution is -2.30. The number of β-amino-alcohol motifs (C(OH)–C–C–N with tert-alkyl or cyclic N) is 1. The van der Waals surface area contributed by atoms with Gasteiger partial charge in [0.05, 0.1) is 11.0 Å². The molecule has 0 saturated carbocycles. The maximum atomic E-state index is 12.5. The summed E-state index contributed by atoms with van der Waals surface area (Å²) < 4.78 is 26.4. The van der Waals surface area contributed by atoms with E-state index in [1.165, 1.54) is 17.3 Å². The number of amides is 1. The number of aryl methyl sites for hydroxylation is 1. The molecule has 1 saturated heterocycles. The van der Waals surface area contributed by atoms with E-state index in [2.05, 4.69) is 5.32 Å². The molecule has 1 fully saturated rings. The molecule has 20 heavy (non-hydrogen) atoms. The highest BCUT2D eigenvalue weighted by atomic mass is 32.2. The molecule has 0 aliphatic carbocycles. The van der Waals surface area contributed by atoms with Crippen LogP contribution in [0.5, 0.6) is 0 Å². The maximum absolute atomic E-state index is 12.5. The molecule has 110 valence electrons. The van der Waals surface area contributed by atoms with Crippen molar-refractivity contribution in [3.05, 3.63) is 23.8 Å². The second-order valence-electron chi connectivity index (χ2n) is 4.97. The third-order valence-corrected chi connectivity index (χ3v) is 5.26. The highest BCUT2D eigenvalue weighted by molar-refractivity contribution is 7.89. The molecule has 1 aromatic carbocycles. The molecule has 1 unspecified atom stereocenters. The van der Waals surface area contributed by atoms with Gasteiger partial charge >= 0.3 is 0 Å². The zero-order valence-electron chi connectivity index (χ0n) is 11.5. The number of hydrogen-bond acceptors (Lipinski definition) is 4. The molecule has 1 aliphatic rings. The van der Waals surface area contributed by atoms with E-state index in [0.29, 0.717) is 24.2 Å². The number of rotatable bonds is 3. The topological polar surface area (TPSA) is 86.7 Å². The molecule has 1 aromatic rings. The van der Waals surface area contributed by atoms with Crippen molar-refractivity contribution in [2.75, 3.05) is 18.4 Å². The molecule has 1 amide bonds. The van der Waals surface area contributed by atoms with Crippen LogP contribution in [0.15, 0.2) is 23.1 Å². The average Bonchev–Trinajstić information content (AvgIpc) is 2.78. The number of nitrogens with one attached hydrogen (secondary N) is 1. The van der Waals surface area contributed by atoms with Gasteiger partial charge in [0, 0.05) is 25.7 Å². The van der Waals surface area contributed by atoms with E-state index in [9.17, 15) is 18.3 Å². The summed E-state index contributed by atoms with van der Waals surface area (Å²) in [6, 6.07) is 4.77. The molecule has 2 N–H and O–H groups in total. The fourth-order valence-electron chi connectivity index (χ4n) is 2.23. The van der Waals surface area contributed by atoms with Gasteiger partial charge in [0.25, 0.3) is 0 Å². The third kappa shape index (κ3) is 3.00. The first-order valence-electron chi connectivity index (χ1n) is 6.37. The van der Waals surface area contributed by atoms with Crippen molar-refractivity contribution in [3.63, 3.8) is 0 Å². The summed E-state index contributed by atoms with van der Waals surface area (Å²) in [7, 11) is -3.64. The lowest BCUT2D eigenvalue weighted by Gasteiger charge is -2.18. The standard InChI is InChI=1S/C13H18N2O4S/c1-9-3-4-11(14-10(2)16)7-13(9)20(18,19)15-6-5-12(17)8-15/h3-4,7,12,17H,5-6,8H2,1-2H3,(H,14,16). The van der Waals surface area contributed by atoms with Gasteiger partial charge in [-0.1, -0.05) is 6.07 Å². The monoisotopic (exact) mass is 298 g/mol. The minimum atomic E-state index is -3.64. The Kier molecular flexibility index (Phi) is 4.12. The molecule has 2 rings (SSSR count). The highest BCUT2D eigenvalue weighted by Gasteiger charge is 2.32. The van der Waals surface area contributed by atoms with E-state index in [1.807, 2.05) is 0 Å². The Balaban J connectivity index is 2.37. The lowest BCUT2D eigenvalue weighted by atomic mass is 10.2. The predicted molar refractivity (Wildman–Crippen MR) is 74.9 cm³/mol. The SMILES string of the molecule is CC(=O)Nc1ccc(C)c(S(=O)(=O)N2CCC(O)C2)c1. The van der Waals surface area contributed by atoms with Crippen molar-refractivity contribution in [3.8, 4) is 0 Å². The van der Waals surface area contributed by atoms with Crippen LogP contribution in [-0.4, -0.2) is 42.9 Å². The number of carbonyl (C=O) groups is 1. The van der Waals surface area contributed by atoms with Crippen molar-refractivity contribution < 1.29 is 18.3 Å². The van der Waals surface area contributed by atoms with Crippen molar-refractivity contribution in [1.82, 2.24) is 4.31 Å². The number of aliphatic hydroxyl groups is 1. The molecule has 7 heteroatoms. The van der Waals surface area contributed by atoms with Crippen LogP contribution in [0.3, 0.4) is 0 Å². The molecule has 0 aromatic heterocycles. The number of carbonyl (C=O) groups excluding carboxylic acids is 1. The summed E-state index contributed by atoms with van der Waals surface area (Å²) >= 11 is 0. The molecular formula is C13H18N2O4S. The van der Waals surface area contributed by atoms with Gasteiger partial charge in [0.1, 0.15) is 0 Å². The van der Waals surface area contributed by atoms with Crippen molar-refractivity contribution >= 4 is 21.6 Å². The predicted octanol–water partition coefficient (Wildman–Crippen LogP) is 0.709. The van der Waals surface area contributed by atoms with E-state index in [-0.39, 0.29) is 17.3 Å². The van der Waals surface area contributed by atoms with Crippen LogP contribution in [0.2, 0.25) is 0 Å². The number of hydrogen-bond donors (Lipinski definition) is 2. The van der Waals surface area contributed by atoms with Gasteiger partial charge in [-0.2, -0.15) is 4.31 Å². The van der Waals surface area contributed by atoms with Gasteiger partial charge < -0.3 is 10.4 Å². The van der Waals surface area contributed by atoms with Crippen LogP contribution >= 0.6 is 0 Å². The van der Waals surface area contributed by atoms with Crippen molar-refractivity contribution in [2.45, 2.75) is 31.3 Å². The Labute approximate surface area is 118 Å². The minimum Gasteiger partial charge on any atom is -0.392 e. The minimum absolute atomic E-state index is 0.117. The Morgan fingerprint density at radius 1 is 1.45 bits per heavy atom. The first-order chi connectivity index (χ1) is 9.30. The average molecular weight is 298 g/mol. The fraction of sp³-hybridized carbons (Fsp3) is 0.462. The van der Waals surface area contributed by atoms with Gasteiger partial charge in [0.2, 0.25) is 15.9 Å². The van der Waals surface area contributed by atoms with E-state index in [1.54, 1.807) is 19.1 Å². The molecule has 0 bridgehead atoms. The Morgan fingerprint density at radius 3 is 2.70 bits per heavy atom.